The van der Waals surface area contributed by atoms with Gasteiger partial charge in [-0.3, -0.25) is 10.2 Å². The van der Waals surface area contributed by atoms with Gasteiger partial charge in [-0.05, 0) is 81.0 Å². The van der Waals surface area contributed by atoms with Crippen LogP contribution < -0.4 is 24.8 Å². The summed E-state index contributed by atoms with van der Waals surface area (Å²) in [6, 6.07) is 15.7. The molecule has 2 aromatic carbocycles. The van der Waals surface area contributed by atoms with Gasteiger partial charge in [0.25, 0.3) is 0 Å². The maximum absolute atomic E-state index is 5.61. The molecular formula is C28H33N7O3S. The van der Waals surface area contributed by atoms with Gasteiger partial charge in [-0.25, -0.2) is 9.97 Å². The van der Waals surface area contributed by atoms with Gasteiger partial charge in [0, 0.05) is 49.8 Å². The highest BCUT2D eigenvalue weighted by Gasteiger charge is 2.22. The van der Waals surface area contributed by atoms with Crippen LogP contribution in [0.2, 0.25) is 0 Å². The fourth-order valence-corrected chi connectivity index (χ4v) is 4.73. The van der Waals surface area contributed by atoms with E-state index in [-0.39, 0.29) is 6.79 Å². The fraction of sp³-hybridized carbons (Fsp3) is 0.357. The number of aromatic nitrogens is 2. The number of hydrogen-bond donors (Lipinski definition) is 2. The molecule has 2 N–H and O–H groups in total. The summed E-state index contributed by atoms with van der Waals surface area (Å²) in [6.07, 6.45) is 0. The number of thiocarbonyl (C=S) groups is 1. The van der Waals surface area contributed by atoms with Crippen LogP contribution >= 0.6 is 12.2 Å². The minimum atomic E-state index is 0.284. The summed E-state index contributed by atoms with van der Waals surface area (Å²) >= 11 is 5.61. The molecule has 1 saturated heterocycles. The smallest absolute Gasteiger partial charge is 0.231 e. The number of aliphatic imine (C=N–C) groups is 1. The summed E-state index contributed by atoms with van der Waals surface area (Å²) in [7, 11) is 0. The van der Waals surface area contributed by atoms with E-state index in [1.807, 2.05) is 57.2 Å². The van der Waals surface area contributed by atoms with Crippen LogP contribution in [0.15, 0.2) is 53.5 Å². The Bertz CT molecular complexity index is 1320. The molecule has 5 rings (SSSR count). The van der Waals surface area contributed by atoms with Gasteiger partial charge in [-0.1, -0.05) is 6.07 Å². The van der Waals surface area contributed by atoms with Gasteiger partial charge in [-0.15, -0.1) is 0 Å². The van der Waals surface area contributed by atoms with Gasteiger partial charge in [0.2, 0.25) is 23.8 Å². The molecule has 0 radical (unpaired) electrons. The molecule has 1 fully saturated rings. The van der Waals surface area contributed by atoms with E-state index >= 15 is 0 Å². The Hall–Kier alpha value is -3.96. The molecule has 10 nitrogen and oxygen atoms in total. The van der Waals surface area contributed by atoms with Gasteiger partial charge in [0.15, 0.2) is 11.5 Å². The van der Waals surface area contributed by atoms with Gasteiger partial charge in [0.05, 0.1) is 6.61 Å². The second kappa shape index (κ2) is 12.3. The van der Waals surface area contributed by atoms with Crippen LogP contribution in [0.1, 0.15) is 23.9 Å². The van der Waals surface area contributed by atoms with Crippen LogP contribution in [0.4, 0.5) is 11.6 Å². The molecule has 2 aliphatic heterocycles. The molecule has 0 unspecified atom stereocenters. The largest absolute Gasteiger partial charge is 0.494 e. The number of fused-ring (bicyclic) bond motifs is 1. The second-order valence-electron chi connectivity index (χ2n) is 9.37. The number of piperazine rings is 1. The summed E-state index contributed by atoms with van der Waals surface area (Å²) in [5.74, 6) is 3.54. The van der Waals surface area contributed by atoms with E-state index in [0.29, 0.717) is 23.6 Å². The summed E-state index contributed by atoms with van der Waals surface area (Å²) in [5, 5.41) is 6.86. The van der Waals surface area contributed by atoms with E-state index in [4.69, 9.17) is 31.4 Å². The maximum Gasteiger partial charge on any atom is 0.231 e. The van der Waals surface area contributed by atoms with Gasteiger partial charge in [-0.2, -0.15) is 4.99 Å². The van der Waals surface area contributed by atoms with Crippen molar-refractivity contribution in [2.24, 2.45) is 4.99 Å². The third-order valence-electron chi connectivity index (χ3n) is 6.34. The Kier molecular flexibility index (Phi) is 8.38. The lowest BCUT2D eigenvalue weighted by atomic mass is 10.1. The van der Waals surface area contributed by atoms with Crippen molar-refractivity contribution in [3.8, 4) is 17.2 Å². The van der Waals surface area contributed by atoms with Crippen molar-refractivity contribution < 1.29 is 14.2 Å². The molecule has 11 heteroatoms. The van der Waals surface area contributed by atoms with Crippen molar-refractivity contribution >= 4 is 34.9 Å². The van der Waals surface area contributed by atoms with E-state index in [2.05, 4.69) is 42.5 Å². The monoisotopic (exact) mass is 547 g/mol. The first-order valence-corrected chi connectivity index (χ1v) is 13.4. The zero-order valence-electron chi connectivity index (χ0n) is 22.4. The number of ether oxygens (including phenoxy) is 3. The Morgan fingerprint density at radius 1 is 0.949 bits per heavy atom. The Morgan fingerprint density at radius 3 is 2.38 bits per heavy atom. The van der Waals surface area contributed by atoms with Crippen LogP contribution in [-0.2, 0) is 6.54 Å². The number of benzene rings is 2. The van der Waals surface area contributed by atoms with Crippen molar-refractivity contribution in [3.05, 3.63) is 65.5 Å². The average Bonchev–Trinajstić information content (AvgIpc) is 3.38. The van der Waals surface area contributed by atoms with E-state index in [1.54, 1.807) is 0 Å². The summed E-state index contributed by atoms with van der Waals surface area (Å²) in [4.78, 5) is 18.4. The normalized spacial score (nSPS) is 15.3. The second-order valence-corrected chi connectivity index (χ2v) is 9.76. The molecule has 2 aliphatic rings. The summed E-state index contributed by atoms with van der Waals surface area (Å²) < 4.78 is 16.5. The lowest BCUT2D eigenvalue weighted by Crippen LogP contribution is -2.50. The highest BCUT2D eigenvalue weighted by Crippen LogP contribution is 2.32. The highest BCUT2D eigenvalue weighted by atomic mass is 32.1. The molecule has 0 saturated carbocycles. The van der Waals surface area contributed by atoms with E-state index < -0.39 is 0 Å². The van der Waals surface area contributed by atoms with Crippen molar-refractivity contribution in [1.82, 2.24) is 19.8 Å². The third kappa shape index (κ3) is 7.12. The number of anilines is 2. The van der Waals surface area contributed by atoms with Crippen LogP contribution in [0.3, 0.4) is 0 Å². The topological polar surface area (TPSA) is 96.4 Å². The number of guanidine groups is 1. The van der Waals surface area contributed by atoms with E-state index in [0.717, 1.165) is 67.0 Å². The first-order valence-electron chi connectivity index (χ1n) is 13.0. The number of rotatable bonds is 6. The summed E-state index contributed by atoms with van der Waals surface area (Å²) in [6.45, 7) is 10.9. The van der Waals surface area contributed by atoms with Gasteiger partial charge < -0.3 is 24.4 Å². The lowest BCUT2D eigenvalue weighted by molar-refractivity contribution is 0.172. The zero-order chi connectivity index (χ0) is 27.2. The molecule has 3 aromatic rings. The number of nitrogens with zero attached hydrogens (tertiary/aromatic N) is 5. The van der Waals surface area contributed by atoms with Crippen molar-refractivity contribution in [2.75, 3.05) is 50.2 Å². The molecule has 39 heavy (non-hydrogen) atoms. The Labute approximate surface area is 234 Å². The van der Waals surface area contributed by atoms with Crippen molar-refractivity contribution in [2.45, 2.75) is 27.3 Å². The molecule has 0 aliphatic carbocycles. The SMILES string of the molecule is CCOc1ccc(NC(=S)/N=C(/Nc2nc(C)cc(C)n2)N2CCN(Cc3ccc4c(c3)OCO4)CC2)cc1. The minimum absolute atomic E-state index is 0.284. The molecule has 0 bridgehead atoms. The predicted octanol–water partition coefficient (Wildman–Crippen LogP) is 4.20. The molecule has 0 spiro atoms. The molecule has 1 aromatic heterocycles. The van der Waals surface area contributed by atoms with E-state index in [9.17, 15) is 0 Å². The quantitative estimate of drug-likeness (QED) is 0.266. The molecule has 3 heterocycles. The molecule has 0 atom stereocenters. The van der Waals surface area contributed by atoms with Gasteiger partial charge >= 0.3 is 0 Å². The molecule has 0 amide bonds. The summed E-state index contributed by atoms with van der Waals surface area (Å²) in [5.41, 5.74) is 3.80. The number of nitrogens with one attached hydrogen (secondary N) is 2. The zero-order valence-corrected chi connectivity index (χ0v) is 23.3. The lowest BCUT2D eigenvalue weighted by Gasteiger charge is -2.36. The number of hydrogen-bond acceptors (Lipinski definition) is 7. The third-order valence-corrected chi connectivity index (χ3v) is 6.54. The fourth-order valence-electron chi connectivity index (χ4n) is 4.52. The Balaban J connectivity index is 1.27. The average molecular weight is 548 g/mol. The standard InChI is InChI=1S/C28H33N7O3S/c1-4-36-23-8-6-22(7-9-23)31-28(39)33-27(32-26-29-19(2)15-20(3)30-26)35-13-11-34(12-14-35)17-21-5-10-24-25(16-21)38-18-37-24/h5-10,15-16H,4,11-14,17-18H2,1-3H3,(H2,29,30,31,32,33,39). The van der Waals surface area contributed by atoms with Gasteiger partial charge in [0.1, 0.15) is 5.75 Å². The Morgan fingerprint density at radius 2 is 1.67 bits per heavy atom. The predicted molar refractivity (Wildman–Crippen MR) is 156 cm³/mol. The van der Waals surface area contributed by atoms with Crippen molar-refractivity contribution in [3.63, 3.8) is 0 Å². The minimum Gasteiger partial charge on any atom is -0.494 e. The first-order chi connectivity index (χ1) is 18.9. The molecule has 204 valence electrons. The maximum atomic E-state index is 5.61. The van der Waals surface area contributed by atoms with Crippen molar-refractivity contribution in [1.29, 1.82) is 0 Å². The first kappa shape index (κ1) is 26.6. The highest BCUT2D eigenvalue weighted by molar-refractivity contribution is 7.80. The van der Waals surface area contributed by atoms with Crippen LogP contribution in [0.5, 0.6) is 17.2 Å². The van der Waals surface area contributed by atoms with Crippen LogP contribution in [-0.4, -0.2) is 70.4 Å². The molecular weight excluding hydrogens is 514 g/mol. The number of aryl methyl sites for hydroxylation is 2. The van der Waals surface area contributed by atoms with E-state index in [1.165, 1.54) is 5.56 Å². The van der Waals surface area contributed by atoms with Crippen LogP contribution in [0, 0.1) is 13.8 Å². The van der Waals surface area contributed by atoms with Crippen LogP contribution in [0.25, 0.3) is 0 Å².